The molecule has 160 valence electrons. The highest BCUT2D eigenvalue weighted by atomic mass is 32.1. The minimum Gasteiger partial charge on any atom is -0.368 e. The van der Waals surface area contributed by atoms with E-state index >= 15 is 0 Å². The summed E-state index contributed by atoms with van der Waals surface area (Å²) in [6.07, 6.45) is 10.5. The van der Waals surface area contributed by atoms with Crippen LogP contribution in [-0.2, 0) is 27.3 Å². The minimum absolute atomic E-state index is 0.0960. The van der Waals surface area contributed by atoms with Crippen molar-refractivity contribution in [2.24, 2.45) is 11.8 Å². The number of hydrogen-bond acceptors (Lipinski definition) is 5. The molecule has 1 saturated heterocycles. The quantitative estimate of drug-likeness (QED) is 0.752. The van der Waals surface area contributed by atoms with Crippen molar-refractivity contribution in [2.45, 2.75) is 83.8 Å². The van der Waals surface area contributed by atoms with Crippen molar-refractivity contribution in [1.29, 1.82) is 0 Å². The van der Waals surface area contributed by atoms with Crippen LogP contribution in [0.3, 0.4) is 0 Å². The maximum Gasteiger partial charge on any atom is 0.255 e. The lowest BCUT2D eigenvalue weighted by molar-refractivity contribution is -0.137. The summed E-state index contributed by atoms with van der Waals surface area (Å²) in [5.74, 6) is 1.24. The van der Waals surface area contributed by atoms with Gasteiger partial charge in [-0.1, -0.05) is 37.5 Å². The Labute approximate surface area is 177 Å². The lowest BCUT2D eigenvalue weighted by atomic mass is 9.79. The average Bonchev–Trinajstić information content (AvgIpc) is 3.41. The van der Waals surface area contributed by atoms with Crippen molar-refractivity contribution in [3.05, 3.63) is 10.6 Å². The molecule has 2 amide bonds. The van der Waals surface area contributed by atoms with E-state index in [9.17, 15) is 9.59 Å². The van der Waals surface area contributed by atoms with Crippen molar-refractivity contribution in [2.75, 3.05) is 18.5 Å². The van der Waals surface area contributed by atoms with Crippen molar-refractivity contribution < 1.29 is 14.3 Å². The van der Waals surface area contributed by atoms with Gasteiger partial charge in [-0.05, 0) is 44.4 Å². The van der Waals surface area contributed by atoms with Crippen LogP contribution in [-0.4, -0.2) is 41.0 Å². The first-order chi connectivity index (χ1) is 14.1. The molecule has 0 radical (unpaired) electrons. The molecule has 1 saturated carbocycles. The molecule has 6 nitrogen and oxygen atoms in total. The molecule has 2 aliphatic heterocycles. The number of unbranched alkanes of at least 4 members (excludes halogenated alkanes) is 1. The summed E-state index contributed by atoms with van der Waals surface area (Å²) in [4.78, 5) is 33.1. The van der Waals surface area contributed by atoms with Crippen LogP contribution in [0.5, 0.6) is 0 Å². The van der Waals surface area contributed by atoms with Crippen LogP contribution in [0.25, 0.3) is 0 Å². The van der Waals surface area contributed by atoms with Gasteiger partial charge in [0.15, 0.2) is 5.13 Å². The van der Waals surface area contributed by atoms with Crippen LogP contribution in [0.1, 0.15) is 75.3 Å². The SMILES string of the molecule is CCCCC1CCC(C(=O)N2CCc3nc(NC(=O)C4CCCO4)sc3C2)CC1. The van der Waals surface area contributed by atoms with Gasteiger partial charge in [-0.3, -0.25) is 14.9 Å². The molecule has 0 spiro atoms. The van der Waals surface area contributed by atoms with Crippen LogP contribution in [0.4, 0.5) is 5.13 Å². The van der Waals surface area contributed by atoms with E-state index in [1.807, 2.05) is 4.90 Å². The van der Waals surface area contributed by atoms with E-state index < -0.39 is 0 Å². The number of hydrogen-bond donors (Lipinski definition) is 1. The number of fused-ring (bicyclic) bond motifs is 1. The Kier molecular flexibility index (Phi) is 6.85. The van der Waals surface area contributed by atoms with Gasteiger partial charge in [0, 0.05) is 30.4 Å². The second kappa shape index (κ2) is 9.56. The van der Waals surface area contributed by atoms with Gasteiger partial charge in [0.2, 0.25) is 5.91 Å². The van der Waals surface area contributed by atoms with Crippen molar-refractivity contribution >= 4 is 28.3 Å². The number of thiazole rings is 1. The van der Waals surface area contributed by atoms with Gasteiger partial charge in [0.05, 0.1) is 12.2 Å². The number of nitrogens with zero attached hydrogens (tertiary/aromatic N) is 2. The van der Waals surface area contributed by atoms with E-state index in [1.54, 1.807) is 0 Å². The van der Waals surface area contributed by atoms with Crippen molar-refractivity contribution in [1.82, 2.24) is 9.88 Å². The first-order valence-corrected chi connectivity index (χ1v) is 12.2. The largest absolute Gasteiger partial charge is 0.368 e. The smallest absolute Gasteiger partial charge is 0.255 e. The normalized spacial score (nSPS) is 26.9. The van der Waals surface area contributed by atoms with Gasteiger partial charge in [-0.15, -0.1) is 0 Å². The molecular weight excluding hydrogens is 386 g/mol. The molecule has 1 aromatic heterocycles. The third kappa shape index (κ3) is 5.00. The van der Waals surface area contributed by atoms with Gasteiger partial charge in [0.1, 0.15) is 6.10 Å². The molecule has 1 unspecified atom stereocenters. The summed E-state index contributed by atoms with van der Waals surface area (Å²) in [5, 5.41) is 3.55. The summed E-state index contributed by atoms with van der Waals surface area (Å²) in [5.41, 5.74) is 1.03. The fourth-order valence-corrected chi connectivity index (χ4v) is 5.88. The zero-order chi connectivity index (χ0) is 20.2. The maximum atomic E-state index is 13.1. The Morgan fingerprint density at radius 2 is 2.07 bits per heavy atom. The number of ether oxygens (including phenoxy) is 1. The Bertz CT molecular complexity index is 721. The molecule has 1 N–H and O–H groups in total. The zero-order valence-corrected chi connectivity index (χ0v) is 18.3. The molecule has 29 heavy (non-hydrogen) atoms. The van der Waals surface area contributed by atoms with Gasteiger partial charge in [0.25, 0.3) is 5.91 Å². The number of carbonyl (C=O) groups excluding carboxylic acids is 2. The minimum atomic E-state index is -0.346. The van der Waals surface area contributed by atoms with Crippen molar-refractivity contribution in [3.8, 4) is 0 Å². The molecule has 0 bridgehead atoms. The summed E-state index contributed by atoms with van der Waals surface area (Å²) in [6.45, 7) is 4.28. The molecular formula is C22H33N3O3S. The second-order valence-corrected chi connectivity index (χ2v) is 9.83. The van der Waals surface area contributed by atoms with Crippen LogP contribution in [0.2, 0.25) is 0 Å². The monoisotopic (exact) mass is 419 g/mol. The molecule has 3 aliphatic rings. The number of nitrogens with one attached hydrogen (secondary N) is 1. The summed E-state index contributed by atoms with van der Waals surface area (Å²) < 4.78 is 5.45. The predicted octanol–water partition coefficient (Wildman–Crippen LogP) is 4.14. The molecule has 2 fully saturated rings. The number of carbonyl (C=O) groups is 2. The number of amides is 2. The highest BCUT2D eigenvalue weighted by Gasteiger charge is 2.32. The topological polar surface area (TPSA) is 71.5 Å². The van der Waals surface area contributed by atoms with Gasteiger partial charge < -0.3 is 9.64 Å². The van der Waals surface area contributed by atoms with E-state index in [2.05, 4.69) is 17.2 Å². The predicted molar refractivity (Wildman–Crippen MR) is 114 cm³/mol. The Morgan fingerprint density at radius 3 is 2.79 bits per heavy atom. The highest BCUT2D eigenvalue weighted by molar-refractivity contribution is 7.15. The average molecular weight is 420 g/mol. The number of anilines is 1. The van der Waals surface area contributed by atoms with Crippen LogP contribution in [0, 0.1) is 11.8 Å². The first-order valence-electron chi connectivity index (χ1n) is 11.3. The Hall–Kier alpha value is -1.47. The fraction of sp³-hybridized carbons (Fsp3) is 0.773. The molecule has 0 aromatic carbocycles. The summed E-state index contributed by atoms with van der Waals surface area (Å²) in [7, 11) is 0. The van der Waals surface area contributed by atoms with E-state index in [4.69, 9.17) is 4.74 Å². The Morgan fingerprint density at radius 1 is 1.24 bits per heavy atom. The molecule has 7 heteroatoms. The molecule has 1 aliphatic carbocycles. The fourth-order valence-electron chi connectivity index (χ4n) is 4.86. The van der Waals surface area contributed by atoms with Gasteiger partial charge >= 0.3 is 0 Å². The zero-order valence-electron chi connectivity index (χ0n) is 17.5. The van der Waals surface area contributed by atoms with Gasteiger partial charge in [-0.2, -0.15) is 0 Å². The van der Waals surface area contributed by atoms with E-state index in [0.29, 0.717) is 24.2 Å². The van der Waals surface area contributed by atoms with E-state index in [1.165, 1.54) is 43.4 Å². The highest BCUT2D eigenvalue weighted by Crippen LogP contribution is 2.35. The third-order valence-electron chi connectivity index (χ3n) is 6.66. The summed E-state index contributed by atoms with van der Waals surface area (Å²) >= 11 is 1.51. The van der Waals surface area contributed by atoms with Crippen LogP contribution >= 0.6 is 11.3 Å². The van der Waals surface area contributed by atoms with E-state index in [0.717, 1.165) is 55.1 Å². The maximum absolute atomic E-state index is 13.1. The second-order valence-electron chi connectivity index (χ2n) is 8.75. The summed E-state index contributed by atoms with van der Waals surface area (Å²) in [6, 6.07) is 0. The standard InChI is InChI=1S/C22H33N3O3S/c1-2-3-5-15-7-9-16(10-8-15)21(27)25-12-11-17-19(14-25)29-22(23-17)24-20(26)18-6-4-13-28-18/h15-16,18H,2-14H2,1H3,(H,23,24,26). The molecule has 4 rings (SSSR count). The van der Waals surface area contributed by atoms with Gasteiger partial charge in [-0.25, -0.2) is 4.98 Å². The Balaban J connectivity index is 1.30. The lowest BCUT2D eigenvalue weighted by Gasteiger charge is -2.33. The van der Waals surface area contributed by atoms with Crippen LogP contribution < -0.4 is 5.32 Å². The van der Waals surface area contributed by atoms with Crippen LogP contribution in [0.15, 0.2) is 0 Å². The molecule has 1 atom stereocenters. The molecule has 1 aromatic rings. The third-order valence-corrected chi connectivity index (χ3v) is 7.65. The van der Waals surface area contributed by atoms with Crippen molar-refractivity contribution in [3.63, 3.8) is 0 Å². The number of aromatic nitrogens is 1. The van der Waals surface area contributed by atoms with E-state index in [-0.39, 0.29) is 17.9 Å². The molecule has 3 heterocycles. The lowest BCUT2D eigenvalue weighted by Crippen LogP contribution is -2.40. The first kappa shape index (κ1) is 20.8. The number of rotatable bonds is 6.